The van der Waals surface area contributed by atoms with Gasteiger partial charge in [-0.25, -0.2) is 4.98 Å². The molecular formula is C17H26N2O2. The summed E-state index contributed by atoms with van der Waals surface area (Å²) >= 11 is 0. The summed E-state index contributed by atoms with van der Waals surface area (Å²) in [6, 6.07) is 3.89. The van der Waals surface area contributed by atoms with Crippen LogP contribution in [0.3, 0.4) is 0 Å². The summed E-state index contributed by atoms with van der Waals surface area (Å²) in [7, 11) is 0. The van der Waals surface area contributed by atoms with Gasteiger partial charge in [-0.1, -0.05) is 39.0 Å². The third-order valence-corrected chi connectivity index (χ3v) is 3.94. The second-order valence-electron chi connectivity index (χ2n) is 5.75. The van der Waals surface area contributed by atoms with E-state index >= 15 is 0 Å². The van der Waals surface area contributed by atoms with Crippen LogP contribution in [0.25, 0.3) is 0 Å². The molecule has 4 nitrogen and oxygen atoms in total. The standard InChI is InChI=1S/C17H26N2O2/c1-2-3-12-21-16-11-10-14(13-18-16)17(20)19-15-8-6-4-5-7-9-15/h10-11,13,15H,2-9,12H2,1H3,(H,19,20). The normalized spacial score (nSPS) is 16.2. The number of ether oxygens (including phenoxy) is 1. The quantitative estimate of drug-likeness (QED) is 0.642. The van der Waals surface area contributed by atoms with Crippen LogP contribution in [-0.2, 0) is 0 Å². The highest BCUT2D eigenvalue weighted by atomic mass is 16.5. The Kier molecular flexibility index (Phi) is 6.51. The van der Waals surface area contributed by atoms with Gasteiger partial charge in [0.15, 0.2) is 0 Å². The van der Waals surface area contributed by atoms with Crippen molar-refractivity contribution >= 4 is 5.91 Å². The van der Waals surface area contributed by atoms with Crippen molar-refractivity contribution in [3.63, 3.8) is 0 Å². The van der Waals surface area contributed by atoms with Crippen molar-refractivity contribution in [2.24, 2.45) is 0 Å². The van der Waals surface area contributed by atoms with Crippen LogP contribution >= 0.6 is 0 Å². The minimum Gasteiger partial charge on any atom is -0.478 e. The highest BCUT2D eigenvalue weighted by Gasteiger charge is 2.15. The topological polar surface area (TPSA) is 51.2 Å². The summed E-state index contributed by atoms with van der Waals surface area (Å²) < 4.78 is 5.50. The summed E-state index contributed by atoms with van der Waals surface area (Å²) in [5, 5.41) is 3.13. The van der Waals surface area contributed by atoms with Gasteiger partial charge in [0, 0.05) is 18.3 Å². The molecule has 0 aliphatic heterocycles. The molecule has 116 valence electrons. The molecule has 0 unspecified atom stereocenters. The number of nitrogens with one attached hydrogen (secondary N) is 1. The molecule has 1 heterocycles. The molecule has 0 bridgehead atoms. The SMILES string of the molecule is CCCCOc1ccc(C(=O)NC2CCCCCC2)cn1. The largest absolute Gasteiger partial charge is 0.478 e. The van der Waals surface area contributed by atoms with Crippen LogP contribution in [0.15, 0.2) is 18.3 Å². The van der Waals surface area contributed by atoms with Crippen molar-refractivity contribution in [3.8, 4) is 5.88 Å². The number of carbonyl (C=O) groups excluding carboxylic acids is 1. The minimum absolute atomic E-state index is 0.0190. The molecule has 0 radical (unpaired) electrons. The number of rotatable bonds is 6. The van der Waals surface area contributed by atoms with E-state index in [9.17, 15) is 4.79 Å². The zero-order valence-electron chi connectivity index (χ0n) is 12.9. The first-order valence-electron chi connectivity index (χ1n) is 8.19. The van der Waals surface area contributed by atoms with Gasteiger partial charge < -0.3 is 10.1 Å². The Balaban J connectivity index is 1.84. The molecule has 1 aliphatic carbocycles. The van der Waals surface area contributed by atoms with Crippen molar-refractivity contribution < 1.29 is 9.53 Å². The van der Waals surface area contributed by atoms with Crippen LogP contribution in [0.4, 0.5) is 0 Å². The highest BCUT2D eigenvalue weighted by Crippen LogP contribution is 2.17. The highest BCUT2D eigenvalue weighted by molar-refractivity contribution is 5.94. The fraction of sp³-hybridized carbons (Fsp3) is 0.647. The number of nitrogens with zero attached hydrogens (tertiary/aromatic N) is 1. The van der Waals surface area contributed by atoms with Crippen molar-refractivity contribution in [2.75, 3.05) is 6.61 Å². The molecule has 0 saturated heterocycles. The third-order valence-electron chi connectivity index (χ3n) is 3.94. The lowest BCUT2D eigenvalue weighted by molar-refractivity contribution is 0.0933. The van der Waals surface area contributed by atoms with Gasteiger partial charge in [0.05, 0.1) is 12.2 Å². The zero-order chi connectivity index (χ0) is 14.9. The van der Waals surface area contributed by atoms with Gasteiger partial charge in [0.1, 0.15) is 0 Å². The van der Waals surface area contributed by atoms with Crippen molar-refractivity contribution in [3.05, 3.63) is 23.9 Å². The van der Waals surface area contributed by atoms with E-state index in [1.54, 1.807) is 18.3 Å². The maximum absolute atomic E-state index is 12.2. The maximum Gasteiger partial charge on any atom is 0.253 e. The predicted molar refractivity (Wildman–Crippen MR) is 83.6 cm³/mol. The van der Waals surface area contributed by atoms with Gasteiger partial charge in [0.2, 0.25) is 5.88 Å². The number of pyridine rings is 1. The van der Waals surface area contributed by atoms with Gasteiger partial charge in [-0.15, -0.1) is 0 Å². The molecule has 4 heteroatoms. The molecular weight excluding hydrogens is 264 g/mol. The van der Waals surface area contributed by atoms with Crippen LogP contribution in [-0.4, -0.2) is 23.5 Å². The molecule has 1 aromatic heterocycles. The van der Waals surface area contributed by atoms with Gasteiger partial charge in [0.25, 0.3) is 5.91 Å². The molecule has 0 spiro atoms. The van der Waals surface area contributed by atoms with Crippen LogP contribution in [0.5, 0.6) is 5.88 Å². The van der Waals surface area contributed by atoms with Crippen molar-refractivity contribution in [1.82, 2.24) is 10.3 Å². The number of carbonyl (C=O) groups is 1. The first kappa shape index (κ1) is 15.8. The molecule has 1 amide bonds. The number of unbranched alkanes of at least 4 members (excludes halogenated alkanes) is 1. The first-order valence-corrected chi connectivity index (χ1v) is 8.19. The molecule has 1 aliphatic rings. The zero-order valence-corrected chi connectivity index (χ0v) is 12.9. The van der Waals surface area contributed by atoms with Crippen molar-refractivity contribution in [2.45, 2.75) is 64.3 Å². The first-order chi connectivity index (χ1) is 10.3. The van der Waals surface area contributed by atoms with E-state index < -0.39 is 0 Å². The maximum atomic E-state index is 12.2. The molecule has 21 heavy (non-hydrogen) atoms. The van der Waals surface area contributed by atoms with E-state index in [0.717, 1.165) is 25.7 Å². The molecule has 1 saturated carbocycles. The van der Waals surface area contributed by atoms with Gasteiger partial charge in [-0.2, -0.15) is 0 Å². The lowest BCUT2D eigenvalue weighted by Crippen LogP contribution is -2.34. The summed E-state index contributed by atoms with van der Waals surface area (Å²) in [5.41, 5.74) is 0.613. The molecule has 1 aromatic rings. The Hall–Kier alpha value is -1.58. The van der Waals surface area contributed by atoms with E-state index in [4.69, 9.17) is 4.74 Å². The summed E-state index contributed by atoms with van der Waals surface area (Å²) in [6.45, 7) is 2.80. The Bertz CT molecular complexity index is 423. The van der Waals surface area contributed by atoms with E-state index in [0.29, 0.717) is 24.1 Å². The smallest absolute Gasteiger partial charge is 0.253 e. The molecule has 2 rings (SSSR count). The number of hydrogen-bond donors (Lipinski definition) is 1. The average molecular weight is 290 g/mol. The Morgan fingerprint density at radius 2 is 2.05 bits per heavy atom. The summed E-state index contributed by atoms with van der Waals surface area (Å²) in [6.07, 6.45) is 10.9. The number of hydrogen-bond acceptors (Lipinski definition) is 3. The van der Waals surface area contributed by atoms with E-state index in [1.807, 2.05) is 0 Å². The van der Waals surface area contributed by atoms with Gasteiger partial charge >= 0.3 is 0 Å². The second-order valence-corrected chi connectivity index (χ2v) is 5.75. The molecule has 1 N–H and O–H groups in total. The Morgan fingerprint density at radius 1 is 1.29 bits per heavy atom. The predicted octanol–water partition coefficient (Wildman–Crippen LogP) is 3.71. The fourth-order valence-corrected chi connectivity index (χ4v) is 2.61. The van der Waals surface area contributed by atoms with E-state index in [-0.39, 0.29) is 5.91 Å². The Labute approximate surface area is 127 Å². The van der Waals surface area contributed by atoms with E-state index in [2.05, 4.69) is 17.2 Å². The molecule has 0 atom stereocenters. The van der Waals surface area contributed by atoms with E-state index in [1.165, 1.54) is 25.7 Å². The number of amides is 1. The lowest BCUT2D eigenvalue weighted by Gasteiger charge is -2.16. The van der Waals surface area contributed by atoms with Crippen LogP contribution in [0.1, 0.15) is 68.6 Å². The van der Waals surface area contributed by atoms with Crippen molar-refractivity contribution in [1.29, 1.82) is 0 Å². The molecule has 0 aromatic carbocycles. The van der Waals surface area contributed by atoms with Crippen LogP contribution in [0, 0.1) is 0 Å². The van der Waals surface area contributed by atoms with Gasteiger partial charge in [-0.3, -0.25) is 4.79 Å². The lowest BCUT2D eigenvalue weighted by atomic mass is 10.1. The summed E-state index contributed by atoms with van der Waals surface area (Å²) in [4.78, 5) is 16.4. The fourth-order valence-electron chi connectivity index (χ4n) is 2.61. The monoisotopic (exact) mass is 290 g/mol. The molecule has 1 fully saturated rings. The minimum atomic E-state index is -0.0190. The summed E-state index contributed by atoms with van der Waals surface area (Å²) in [5.74, 6) is 0.573. The second kappa shape index (κ2) is 8.65. The average Bonchev–Trinajstić information content (AvgIpc) is 2.77. The van der Waals surface area contributed by atoms with Gasteiger partial charge in [-0.05, 0) is 25.3 Å². The Morgan fingerprint density at radius 3 is 2.67 bits per heavy atom. The third kappa shape index (κ3) is 5.37. The van der Waals surface area contributed by atoms with Crippen LogP contribution in [0.2, 0.25) is 0 Å². The van der Waals surface area contributed by atoms with Crippen LogP contribution < -0.4 is 10.1 Å². The number of aromatic nitrogens is 1.